The first-order valence-corrected chi connectivity index (χ1v) is 9.00. The Labute approximate surface area is 125 Å². The van der Waals surface area contributed by atoms with Crippen molar-refractivity contribution in [3.8, 4) is 0 Å². The zero-order valence-corrected chi connectivity index (χ0v) is 13.3. The minimum Gasteiger partial charge on any atom is -0.313 e. The van der Waals surface area contributed by atoms with Crippen LogP contribution < -0.4 is 5.32 Å². The van der Waals surface area contributed by atoms with Crippen LogP contribution in [0.15, 0.2) is 0 Å². The van der Waals surface area contributed by atoms with Crippen LogP contribution in [0.1, 0.15) is 57.8 Å². The molecule has 0 aromatic rings. The smallest absolute Gasteiger partial charge is 0.0195 e. The normalized spacial score (nSPS) is 32.7. The van der Waals surface area contributed by atoms with Crippen LogP contribution in [0.4, 0.5) is 0 Å². The Morgan fingerprint density at radius 1 is 1.05 bits per heavy atom. The van der Waals surface area contributed by atoms with E-state index in [1.165, 1.54) is 84.0 Å². The highest BCUT2D eigenvalue weighted by Crippen LogP contribution is 2.29. The van der Waals surface area contributed by atoms with Crippen molar-refractivity contribution in [1.29, 1.82) is 0 Å². The molecule has 2 saturated heterocycles. The molecule has 1 N–H and O–H groups in total. The lowest BCUT2D eigenvalue weighted by atomic mass is 9.99. The third-order valence-electron chi connectivity index (χ3n) is 5.60. The molecule has 0 radical (unpaired) electrons. The van der Waals surface area contributed by atoms with Gasteiger partial charge in [-0.2, -0.15) is 0 Å². The van der Waals surface area contributed by atoms with Crippen LogP contribution in [0.5, 0.6) is 0 Å². The van der Waals surface area contributed by atoms with Crippen LogP contribution in [-0.4, -0.2) is 61.2 Å². The molecule has 3 fully saturated rings. The molecule has 2 atom stereocenters. The first-order valence-electron chi connectivity index (χ1n) is 9.00. The standard InChI is InChI=1S/C17H33N3/c1-19-12-5-3-7-16(19)10-13-20(17-8-9-17)14-15-6-2-4-11-18-15/h15-18H,2-14H2,1H3. The zero-order chi connectivity index (χ0) is 13.8. The molecule has 1 saturated carbocycles. The second kappa shape index (κ2) is 7.24. The minimum absolute atomic E-state index is 0.772. The molecule has 20 heavy (non-hydrogen) atoms. The molecule has 0 amide bonds. The first-order chi connectivity index (χ1) is 9.83. The highest BCUT2D eigenvalue weighted by molar-refractivity contribution is 4.89. The highest BCUT2D eigenvalue weighted by Gasteiger charge is 2.31. The van der Waals surface area contributed by atoms with Gasteiger partial charge in [-0.05, 0) is 71.6 Å². The van der Waals surface area contributed by atoms with Crippen LogP contribution in [0.3, 0.4) is 0 Å². The molecule has 0 spiro atoms. The fraction of sp³-hybridized carbons (Fsp3) is 1.00. The minimum atomic E-state index is 0.772. The lowest BCUT2D eigenvalue weighted by Crippen LogP contribution is -2.46. The van der Waals surface area contributed by atoms with Crippen molar-refractivity contribution in [2.75, 3.05) is 33.2 Å². The van der Waals surface area contributed by atoms with Gasteiger partial charge in [0.15, 0.2) is 0 Å². The summed E-state index contributed by atoms with van der Waals surface area (Å²) in [5.41, 5.74) is 0. The van der Waals surface area contributed by atoms with Gasteiger partial charge in [0.05, 0.1) is 0 Å². The second-order valence-corrected chi connectivity index (χ2v) is 7.29. The summed E-state index contributed by atoms with van der Waals surface area (Å²) < 4.78 is 0. The maximum absolute atomic E-state index is 3.73. The van der Waals surface area contributed by atoms with Gasteiger partial charge in [0.2, 0.25) is 0 Å². The summed E-state index contributed by atoms with van der Waals surface area (Å²) in [5.74, 6) is 0. The van der Waals surface area contributed by atoms with E-state index in [4.69, 9.17) is 0 Å². The van der Waals surface area contributed by atoms with E-state index in [2.05, 4.69) is 22.2 Å². The van der Waals surface area contributed by atoms with Crippen molar-refractivity contribution in [2.24, 2.45) is 0 Å². The maximum Gasteiger partial charge on any atom is 0.0195 e. The van der Waals surface area contributed by atoms with E-state index in [-0.39, 0.29) is 0 Å². The van der Waals surface area contributed by atoms with Crippen molar-refractivity contribution >= 4 is 0 Å². The van der Waals surface area contributed by atoms with Gasteiger partial charge in [0.1, 0.15) is 0 Å². The second-order valence-electron chi connectivity index (χ2n) is 7.29. The van der Waals surface area contributed by atoms with E-state index in [0.29, 0.717) is 0 Å². The van der Waals surface area contributed by atoms with Gasteiger partial charge >= 0.3 is 0 Å². The van der Waals surface area contributed by atoms with Crippen molar-refractivity contribution < 1.29 is 0 Å². The molecule has 2 unspecified atom stereocenters. The van der Waals surface area contributed by atoms with Gasteiger partial charge in [0.25, 0.3) is 0 Å². The largest absolute Gasteiger partial charge is 0.313 e. The van der Waals surface area contributed by atoms with Crippen LogP contribution in [0.2, 0.25) is 0 Å². The van der Waals surface area contributed by atoms with E-state index in [1.807, 2.05) is 0 Å². The first kappa shape index (κ1) is 14.8. The van der Waals surface area contributed by atoms with E-state index >= 15 is 0 Å². The molecular weight excluding hydrogens is 246 g/mol. The average molecular weight is 279 g/mol. The van der Waals surface area contributed by atoms with Gasteiger partial charge in [-0.25, -0.2) is 0 Å². The summed E-state index contributed by atoms with van der Waals surface area (Å²) in [4.78, 5) is 5.42. The summed E-state index contributed by atoms with van der Waals surface area (Å²) in [6.07, 6.45) is 12.8. The molecule has 116 valence electrons. The molecular formula is C17H33N3. The number of hydrogen-bond donors (Lipinski definition) is 1. The van der Waals surface area contributed by atoms with E-state index in [0.717, 1.165) is 18.1 Å². The Bertz CT molecular complexity index is 284. The number of hydrogen-bond acceptors (Lipinski definition) is 3. The summed E-state index contributed by atoms with van der Waals surface area (Å²) in [6, 6.07) is 2.55. The molecule has 3 rings (SSSR count). The maximum atomic E-state index is 3.73. The Balaban J connectivity index is 1.44. The number of rotatable bonds is 6. The van der Waals surface area contributed by atoms with E-state index < -0.39 is 0 Å². The van der Waals surface area contributed by atoms with Crippen molar-refractivity contribution in [1.82, 2.24) is 15.1 Å². The number of nitrogens with one attached hydrogen (secondary N) is 1. The Morgan fingerprint density at radius 2 is 1.90 bits per heavy atom. The molecule has 2 aliphatic heterocycles. The topological polar surface area (TPSA) is 18.5 Å². The number of likely N-dealkylation sites (tertiary alicyclic amines) is 1. The van der Waals surface area contributed by atoms with Crippen molar-refractivity contribution in [2.45, 2.75) is 75.9 Å². The van der Waals surface area contributed by atoms with Crippen molar-refractivity contribution in [3.05, 3.63) is 0 Å². The molecule has 3 heteroatoms. The molecule has 2 heterocycles. The monoisotopic (exact) mass is 279 g/mol. The van der Waals surface area contributed by atoms with Gasteiger partial charge in [-0.3, -0.25) is 4.90 Å². The zero-order valence-electron chi connectivity index (χ0n) is 13.3. The number of nitrogens with zero attached hydrogens (tertiary/aromatic N) is 2. The fourth-order valence-corrected chi connectivity index (χ4v) is 4.05. The van der Waals surface area contributed by atoms with Crippen LogP contribution >= 0.6 is 0 Å². The number of piperidine rings is 2. The van der Waals surface area contributed by atoms with Gasteiger partial charge in [-0.15, -0.1) is 0 Å². The lowest BCUT2D eigenvalue weighted by Gasteiger charge is -2.35. The van der Waals surface area contributed by atoms with Gasteiger partial charge in [0, 0.05) is 24.7 Å². The quantitative estimate of drug-likeness (QED) is 0.806. The Hall–Kier alpha value is -0.120. The van der Waals surface area contributed by atoms with Crippen LogP contribution in [0.25, 0.3) is 0 Å². The van der Waals surface area contributed by atoms with E-state index in [9.17, 15) is 0 Å². The predicted octanol–water partition coefficient (Wildman–Crippen LogP) is 2.47. The van der Waals surface area contributed by atoms with Gasteiger partial charge < -0.3 is 10.2 Å². The summed E-state index contributed by atoms with van der Waals surface area (Å²) in [5, 5.41) is 3.73. The van der Waals surface area contributed by atoms with Crippen molar-refractivity contribution in [3.63, 3.8) is 0 Å². The lowest BCUT2D eigenvalue weighted by molar-refractivity contribution is 0.143. The molecule has 1 aliphatic carbocycles. The summed E-state index contributed by atoms with van der Waals surface area (Å²) in [7, 11) is 2.33. The molecule has 3 nitrogen and oxygen atoms in total. The fourth-order valence-electron chi connectivity index (χ4n) is 4.05. The average Bonchev–Trinajstić information content (AvgIpc) is 3.31. The summed E-state index contributed by atoms with van der Waals surface area (Å²) >= 11 is 0. The molecule has 0 aromatic carbocycles. The van der Waals surface area contributed by atoms with E-state index in [1.54, 1.807) is 0 Å². The Kier molecular flexibility index (Phi) is 5.36. The molecule has 0 bridgehead atoms. The third kappa shape index (κ3) is 4.19. The van der Waals surface area contributed by atoms with Crippen LogP contribution in [0, 0.1) is 0 Å². The van der Waals surface area contributed by atoms with Crippen LogP contribution in [-0.2, 0) is 0 Å². The molecule has 0 aromatic heterocycles. The predicted molar refractivity (Wildman–Crippen MR) is 85.1 cm³/mol. The summed E-state index contributed by atoms with van der Waals surface area (Å²) in [6.45, 7) is 5.20. The highest BCUT2D eigenvalue weighted by atomic mass is 15.2. The Morgan fingerprint density at radius 3 is 2.60 bits per heavy atom. The molecule has 3 aliphatic rings. The van der Waals surface area contributed by atoms with Gasteiger partial charge in [-0.1, -0.05) is 12.8 Å². The third-order valence-corrected chi connectivity index (χ3v) is 5.60. The SMILES string of the molecule is CN1CCCCC1CCN(CC1CCCCN1)C1CC1.